The topological polar surface area (TPSA) is 20.2 Å². The number of rotatable bonds is 6. The number of hydrogen-bond donors (Lipinski definition) is 1. The van der Waals surface area contributed by atoms with Crippen molar-refractivity contribution in [3.63, 3.8) is 0 Å². The van der Waals surface area contributed by atoms with Crippen LogP contribution in [0.25, 0.3) is 0 Å². The largest absolute Gasteiger partial charge is 0.508 e. The molecule has 0 unspecified atom stereocenters. The number of unbranched alkanes of at least 4 members (excludes halogenated alkanes) is 4. The maximum atomic E-state index is 9.26. The van der Waals surface area contributed by atoms with E-state index in [1.165, 1.54) is 37.7 Å². The molecule has 1 aromatic carbocycles. The van der Waals surface area contributed by atoms with E-state index in [1.807, 2.05) is 12.1 Å². The first kappa shape index (κ1) is 12.1. The summed E-state index contributed by atoms with van der Waals surface area (Å²) in [5.74, 6) is 0.185. The highest BCUT2D eigenvalue weighted by Gasteiger charge is 1.98. The molecule has 0 aromatic heterocycles. The third-order valence-electron chi connectivity index (χ3n) is 2.66. The molecule has 0 aliphatic heterocycles. The van der Waals surface area contributed by atoms with Crippen LogP contribution in [0.3, 0.4) is 0 Å². The quantitative estimate of drug-likeness (QED) is 0.695. The Morgan fingerprint density at radius 3 is 2.53 bits per heavy atom. The molecule has 2 radical (unpaired) electrons. The normalized spacial score (nSPS) is 10.5. The molecule has 0 spiro atoms. The third kappa shape index (κ3) is 4.37. The Kier molecular flexibility index (Phi) is 5.23. The predicted molar refractivity (Wildman–Crippen MR) is 64.0 cm³/mol. The van der Waals surface area contributed by atoms with E-state index in [0.29, 0.717) is 5.56 Å². The fourth-order valence-corrected chi connectivity index (χ4v) is 1.69. The van der Waals surface area contributed by atoms with Gasteiger partial charge >= 0.3 is 0 Å². The third-order valence-corrected chi connectivity index (χ3v) is 2.66. The van der Waals surface area contributed by atoms with Gasteiger partial charge in [0.2, 0.25) is 0 Å². The fraction of sp³-hybridized carbons (Fsp3) is 0.500. The van der Waals surface area contributed by atoms with Crippen LogP contribution in [0.5, 0.6) is 5.75 Å². The van der Waals surface area contributed by atoms with Crippen molar-refractivity contribution in [2.45, 2.75) is 45.4 Å². The van der Waals surface area contributed by atoms with Crippen LogP contribution < -0.4 is 0 Å². The smallest absolute Gasteiger partial charge is 0.119 e. The summed E-state index contributed by atoms with van der Waals surface area (Å²) < 4.78 is 0. The molecule has 82 valence electrons. The molecular formula is C14H20O. The Hall–Kier alpha value is -0.980. The van der Waals surface area contributed by atoms with Gasteiger partial charge in [0.15, 0.2) is 0 Å². The Balaban J connectivity index is 2.28. The first-order valence-electron chi connectivity index (χ1n) is 5.81. The number of benzene rings is 1. The van der Waals surface area contributed by atoms with E-state index in [4.69, 9.17) is 6.92 Å². The molecule has 1 aromatic rings. The molecule has 0 atom stereocenters. The standard InChI is InChI=1S/C14H20O/c1-3-4-5-6-7-8-13-9-10-14(15)12(2)11-13/h2,9-11,15H,3-8H2,1H3. The van der Waals surface area contributed by atoms with Gasteiger partial charge in [-0.1, -0.05) is 44.7 Å². The zero-order chi connectivity index (χ0) is 11.1. The van der Waals surface area contributed by atoms with Gasteiger partial charge in [-0.3, -0.25) is 0 Å². The molecule has 1 rings (SSSR count). The molecule has 0 fully saturated rings. The van der Waals surface area contributed by atoms with Gasteiger partial charge in [-0.15, -0.1) is 0 Å². The summed E-state index contributed by atoms with van der Waals surface area (Å²) in [6.07, 6.45) is 7.50. The van der Waals surface area contributed by atoms with Crippen LogP contribution in [0.15, 0.2) is 18.2 Å². The van der Waals surface area contributed by atoms with Crippen LogP contribution in [0.1, 0.15) is 50.2 Å². The van der Waals surface area contributed by atoms with Crippen molar-refractivity contribution in [2.24, 2.45) is 0 Å². The van der Waals surface area contributed by atoms with Crippen LogP contribution in [0.4, 0.5) is 0 Å². The number of aromatic hydroxyl groups is 1. The van der Waals surface area contributed by atoms with E-state index in [2.05, 4.69) is 6.92 Å². The Labute approximate surface area is 93.1 Å². The molecule has 0 amide bonds. The van der Waals surface area contributed by atoms with Crippen molar-refractivity contribution in [1.82, 2.24) is 0 Å². The van der Waals surface area contributed by atoms with Gasteiger partial charge in [-0.05, 0) is 30.0 Å². The molecule has 0 saturated heterocycles. The minimum atomic E-state index is 0.185. The zero-order valence-electron chi connectivity index (χ0n) is 9.50. The average molecular weight is 204 g/mol. The second kappa shape index (κ2) is 6.49. The van der Waals surface area contributed by atoms with Gasteiger partial charge in [0.1, 0.15) is 5.75 Å². The lowest BCUT2D eigenvalue weighted by Gasteiger charge is -2.04. The van der Waals surface area contributed by atoms with E-state index in [9.17, 15) is 5.11 Å². The van der Waals surface area contributed by atoms with E-state index in [-0.39, 0.29) is 5.75 Å². The second-order valence-corrected chi connectivity index (χ2v) is 4.06. The molecule has 0 aliphatic rings. The molecule has 0 bridgehead atoms. The molecule has 0 aliphatic carbocycles. The molecular weight excluding hydrogens is 184 g/mol. The van der Waals surface area contributed by atoms with E-state index < -0.39 is 0 Å². The van der Waals surface area contributed by atoms with Gasteiger partial charge in [0.25, 0.3) is 0 Å². The number of aryl methyl sites for hydroxylation is 1. The first-order valence-corrected chi connectivity index (χ1v) is 5.81. The molecule has 0 saturated carbocycles. The number of phenolic OH excluding ortho intramolecular Hbond substituents is 1. The summed E-state index contributed by atoms with van der Waals surface area (Å²) in [5, 5.41) is 9.26. The van der Waals surface area contributed by atoms with Gasteiger partial charge in [-0.2, -0.15) is 0 Å². The van der Waals surface area contributed by atoms with Crippen molar-refractivity contribution in [1.29, 1.82) is 0 Å². The number of phenols is 1. The van der Waals surface area contributed by atoms with E-state index in [0.717, 1.165) is 6.42 Å². The highest BCUT2D eigenvalue weighted by Crippen LogP contribution is 2.18. The molecule has 1 nitrogen and oxygen atoms in total. The van der Waals surface area contributed by atoms with Crippen molar-refractivity contribution >= 4 is 0 Å². The van der Waals surface area contributed by atoms with Gasteiger partial charge in [-0.25, -0.2) is 0 Å². The maximum absolute atomic E-state index is 9.26. The Bertz CT molecular complexity index is 291. The molecule has 15 heavy (non-hydrogen) atoms. The lowest BCUT2D eigenvalue weighted by Crippen LogP contribution is -1.87. The van der Waals surface area contributed by atoms with Crippen molar-refractivity contribution in [3.05, 3.63) is 36.2 Å². The van der Waals surface area contributed by atoms with Crippen LogP contribution in [-0.4, -0.2) is 5.11 Å². The van der Waals surface area contributed by atoms with Crippen molar-refractivity contribution in [3.8, 4) is 5.75 Å². The van der Waals surface area contributed by atoms with Gasteiger partial charge in [0, 0.05) is 6.92 Å². The van der Waals surface area contributed by atoms with E-state index in [1.54, 1.807) is 6.07 Å². The highest BCUT2D eigenvalue weighted by atomic mass is 16.3. The maximum Gasteiger partial charge on any atom is 0.119 e. The lowest BCUT2D eigenvalue weighted by atomic mass is 10.0. The summed E-state index contributed by atoms with van der Waals surface area (Å²) in [4.78, 5) is 0. The van der Waals surface area contributed by atoms with Crippen molar-refractivity contribution in [2.75, 3.05) is 0 Å². The minimum Gasteiger partial charge on any atom is -0.508 e. The monoisotopic (exact) mass is 204 g/mol. The summed E-state index contributed by atoms with van der Waals surface area (Å²) in [6, 6.07) is 5.50. The van der Waals surface area contributed by atoms with Crippen LogP contribution in [0, 0.1) is 6.92 Å². The first-order chi connectivity index (χ1) is 7.24. The number of hydrogen-bond acceptors (Lipinski definition) is 1. The molecule has 1 heteroatoms. The summed E-state index contributed by atoms with van der Waals surface area (Å²) in [7, 11) is 0. The van der Waals surface area contributed by atoms with E-state index >= 15 is 0 Å². The van der Waals surface area contributed by atoms with Gasteiger partial charge in [0.05, 0.1) is 0 Å². The summed E-state index contributed by atoms with van der Waals surface area (Å²) in [6.45, 7) is 7.85. The Morgan fingerprint density at radius 2 is 1.87 bits per heavy atom. The minimum absolute atomic E-state index is 0.185. The summed E-state index contributed by atoms with van der Waals surface area (Å²) in [5.41, 5.74) is 1.71. The van der Waals surface area contributed by atoms with Gasteiger partial charge < -0.3 is 5.11 Å². The SMILES string of the molecule is [CH]c1cc(CCCCCCC)ccc1O. The second-order valence-electron chi connectivity index (χ2n) is 4.06. The molecule has 0 heterocycles. The van der Waals surface area contributed by atoms with Crippen LogP contribution in [-0.2, 0) is 6.42 Å². The summed E-state index contributed by atoms with van der Waals surface area (Å²) >= 11 is 0. The lowest BCUT2D eigenvalue weighted by molar-refractivity contribution is 0.472. The predicted octanol–water partition coefficient (Wildman–Crippen LogP) is 3.96. The van der Waals surface area contributed by atoms with Crippen LogP contribution in [0.2, 0.25) is 0 Å². The zero-order valence-corrected chi connectivity index (χ0v) is 9.50. The average Bonchev–Trinajstić information content (AvgIpc) is 2.23. The van der Waals surface area contributed by atoms with Crippen molar-refractivity contribution < 1.29 is 5.11 Å². The molecule has 1 N–H and O–H groups in total. The van der Waals surface area contributed by atoms with Crippen LogP contribution >= 0.6 is 0 Å². The highest BCUT2D eigenvalue weighted by molar-refractivity contribution is 5.37. The fourth-order valence-electron chi connectivity index (χ4n) is 1.69. The Morgan fingerprint density at radius 1 is 1.13 bits per heavy atom.